The first-order chi connectivity index (χ1) is 6.77. The van der Waals surface area contributed by atoms with Crippen LogP contribution in [0.25, 0.3) is 0 Å². The van der Waals surface area contributed by atoms with Crippen LogP contribution in [0.1, 0.15) is 33.1 Å². The zero-order chi connectivity index (χ0) is 10.4. The highest BCUT2D eigenvalue weighted by atomic mass is 32.2. The number of aromatic nitrogens is 1. The normalized spacial score (nSPS) is 15.4. The van der Waals surface area contributed by atoms with E-state index in [0.717, 1.165) is 23.6 Å². The lowest BCUT2D eigenvalue weighted by atomic mass is 10.1. The van der Waals surface area contributed by atoms with Crippen molar-refractivity contribution >= 4 is 23.1 Å². The van der Waals surface area contributed by atoms with Crippen LogP contribution in [-0.4, -0.2) is 16.3 Å². The molecule has 1 heterocycles. The predicted molar refractivity (Wildman–Crippen MR) is 64.9 cm³/mol. The molecule has 0 saturated carbocycles. The molecule has 1 aromatic rings. The minimum absolute atomic E-state index is 0.305. The Morgan fingerprint density at radius 2 is 2.36 bits per heavy atom. The molecule has 80 valence electrons. The molecule has 0 aliphatic carbocycles. The average Bonchev–Trinajstić information content (AvgIpc) is 2.66. The van der Waals surface area contributed by atoms with E-state index < -0.39 is 0 Å². The highest BCUT2D eigenvalue weighted by Gasteiger charge is 2.17. The molecule has 2 unspecified atom stereocenters. The Labute approximate surface area is 94.3 Å². The van der Waals surface area contributed by atoms with Crippen molar-refractivity contribution in [2.75, 3.05) is 0 Å². The molecule has 2 N–H and O–H groups in total. The van der Waals surface area contributed by atoms with E-state index in [1.807, 2.05) is 23.3 Å². The van der Waals surface area contributed by atoms with Gasteiger partial charge in [-0.3, -0.25) is 0 Å². The van der Waals surface area contributed by atoms with E-state index >= 15 is 0 Å². The minimum Gasteiger partial charge on any atom is -0.327 e. The Balaban J connectivity index is 2.46. The summed E-state index contributed by atoms with van der Waals surface area (Å²) in [5, 5.41) is 2.53. The van der Waals surface area contributed by atoms with E-state index in [9.17, 15) is 0 Å². The number of thioether (sulfide) groups is 1. The van der Waals surface area contributed by atoms with E-state index in [2.05, 4.69) is 18.8 Å². The fourth-order valence-corrected chi connectivity index (χ4v) is 3.37. The number of nitrogens with zero attached hydrogens (tertiary/aromatic N) is 1. The van der Waals surface area contributed by atoms with Crippen molar-refractivity contribution in [1.29, 1.82) is 0 Å². The van der Waals surface area contributed by atoms with Crippen LogP contribution >= 0.6 is 23.1 Å². The molecule has 0 radical (unpaired) electrons. The number of rotatable bonds is 6. The third-order valence-electron chi connectivity index (χ3n) is 2.16. The molecule has 4 heteroatoms. The van der Waals surface area contributed by atoms with Crippen molar-refractivity contribution in [2.45, 2.75) is 48.7 Å². The zero-order valence-corrected chi connectivity index (χ0v) is 10.4. The summed E-state index contributed by atoms with van der Waals surface area (Å²) in [4.78, 5) is 4.27. The summed E-state index contributed by atoms with van der Waals surface area (Å²) in [5.41, 5.74) is 6.11. The molecular weight excluding hydrogens is 212 g/mol. The second-order valence-electron chi connectivity index (χ2n) is 3.32. The van der Waals surface area contributed by atoms with Crippen molar-refractivity contribution < 1.29 is 0 Å². The van der Waals surface area contributed by atoms with Crippen LogP contribution in [0.4, 0.5) is 0 Å². The third-order valence-corrected chi connectivity index (χ3v) is 4.60. The highest BCUT2D eigenvalue weighted by molar-refractivity contribution is 8.01. The third kappa shape index (κ3) is 3.59. The first-order valence-corrected chi connectivity index (χ1v) is 6.85. The van der Waals surface area contributed by atoms with Gasteiger partial charge in [0.05, 0.1) is 0 Å². The van der Waals surface area contributed by atoms with Crippen LogP contribution in [0.2, 0.25) is 0 Å². The summed E-state index contributed by atoms with van der Waals surface area (Å²) in [6, 6.07) is 0.305. The van der Waals surface area contributed by atoms with Crippen LogP contribution in [-0.2, 0) is 0 Å². The van der Waals surface area contributed by atoms with Gasteiger partial charge >= 0.3 is 0 Å². The lowest BCUT2D eigenvalue weighted by molar-refractivity contribution is 0.566. The minimum atomic E-state index is 0.305. The maximum atomic E-state index is 6.11. The second kappa shape index (κ2) is 6.43. The molecule has 2 atom stereocenters. The fourth-order valence-electron chi connectivity index (χ4n) is 1.39. The highest BCUT2D eigenvalue weighted by Crippen LogP contribution is 2.29. The van der Waals surface area contributed by atoms with Gasteiger partial charge in [0, 0.05) is 22.9 Å². The Kier molecular flexibility index (Phi) is 5.52. The van der Waals surface area contributed by atoms with Crippen molar-refractivity contribution in [3.05, 3.63) is 11.6 Å². The maximum Gasteiger partial charge on any atom is 0.150 e. The van der Waals surface area contributed by atoms with E-state index in [-0.39, 0.29) is 0 Å². The topological polar surface area (TPSA) is 38.9 Å². The quantitative estimate of drug-likeness (QED) is 0.763. The first kappa shape index (κ1) is 12.0. The molecule has 1 rings (SSSR count). The van der Waals surface area contributed by atoms with Gasteiger partial charge < -0.3 is 5.73 Å². The first-order valence-electron chi connectivity index (χ1n) is 5.09. The molecule has 0 amide bonds. The molecule has 0 saturated heterocycles. The summed E-state index contributed by atoms with van der Waals surface area (Å²) >= 11 is 3.52. The number of hydrogen-bond acceptors (Lipinski definition) is 4. The number of thiazole rings is 1. The monoisotopic (exact) mass is 230 g/mol. The maximum absolute atomic E-state index is 6.11. The van der Waals surface area contributed by atoms with Crippen molar-refractivity contribution in [1.82, 2.24) is 4.98 Å². The fraction of sp³-hybridized carbons (Fsp3) is 0.700. The summed E-state index contributed by atoms with van der Waals surface area (Å²) in [6.45, 7) is 4.38. The van der Waals surface area contributed by atoms with E-state index in [1.165, 1.54) is 0 Å². The van der Waals surface area contributed by atoms with Gasteiger partial charge in [-0.05, 0) is 12.8 Å². The Bertz CT molecular complexity index is 236. The molecule has 1 aromatic heterocycles. The summed E-state index contributed by atoms with van der Waals surface area (Å²) in [6.07, 6.45) is 5.24. The smallest absolute Gasteiger partial charge is 0.150 e. The standard InChI is InChI=1S/C10H18N2S2/c1-3-5-8(11)9(4-2)14-10-12-6-7-13-10/h6-9H,3-5,11H2,1-2H3. The van der Waals surface area contributed by atoms with E-state index in [1.54, 1.807) is 11.3 Å². The Morgan fingerprint density at radius 1 is 1.57 bits per heavy atom. The van der Waals surface area contributed by atoms with Crippen LogP contribution in [0.3, 0.4) is 0 Å². The van der Waals surface area contributed by atoms with Crippen molar-refractivity contribution in [2.24, 2.45) is 5.73 Å². The number of nitrogens with two attached hydrogens (primary N) is 1. The van der Waals surface area contributed by atoms with Gasteiger partial charge in [0.1, 0.15) is 4.34 Å². The van der Waals surface area contributed by atoms with Crippen LogP contribution in [0, 0.1) is 0 Å². The average molecular weight is 230 g/mol. The molecular formula is C10H18N2S2. The largest absolute Gasteiger partial charge is 0.327 e. The lowest BCUT2D eigenvalue weighted by Gasteiger charge is -2.20. The SMILES string of the molecule is CCCC(N)C(CC)Sc1nccs1. The van der Waals surface area contributed by atoms with Gasteiger partial charge in [0.25, 0.3) is 0 Å². The van der Waals surface area contributed by atoms with E-state index in [0.29, 0.717) is 11.3 Å². The molecule has 14 heavy (non-hydrogen) atoms. The van der Waals surface area contributed by atoms with Gasteiger partial charge in [-0.15, -0.1) is 11.3 Å². The van der Waals surface area contributed by atoms with Crippen LogP contribution < -0.4 is 5.73 Å². The second-order valence-corrected chi connectivity index (χ2v) is 5.70. The molecule has 0 aliphatic rings. The van der Waals surface area contributed by atoms with Gasteiger partial charge in [-0.1, -0.05) is 32.0 Å². The number of hydrogen-bond donors (Lipinski definition) is 1. The summed E-state index contributed by atoms with van der Waals surface area (Å²) in [7, 11) is 0. The van der Waals surface area contributed by atoms with Gasteiger partial charge in [-0.25, -0.2) is 4.98 Å². The summed E-state index contributed by atoms with van der Waals surface area (Å²) < 4.78 is 1.14. The zero-order valence-electron chi connectivity index (χ0n) is 8.77. The Morgan fingerprint density at radius 3 is 2.86 bits per heavy atom. The predicted octanol–water partition coefficient (Wildman–Crippen LogP) is 3.14. The lowest BCUT2D eigenvalue weighted by Crippen LogP contribution is -2.31. The van der Waals surface area contributed by atoms with Gasteiger partial charge in [-0.2, -0.15) is 0 Å². The van der Waals surface area contributed by atoms with Crippen LogP contribution in [0.15, 0.2) is 15.9 Å². The van der Waals surface area contributed by atoms with Gasteiger partial charge in [0.2, 0.25) is 0 Å². The van der Waals surface area contributed by atoms with Crippen molar-refractivity contribution in [3.8, 4) is 0 Å². The van der Waals surface area contributed by atoms with Crippen molar-refractivity contribution in [3.63, 3.8) is 0 Å². The molecule has 0 aromatic carbocycles. The Hall–Kier alpha value is -0.0600. The molecule has 0 aliphatic heterocycles. The van der Waals surface area contributed by atoms with Crippen LogP contribution in [0.5, 0.6) is 0 Å². The molecule has 0 fully saturated rings. The molecule has 2 nitrogen and oxygen atoms in total. The molecule has 0 bridgehead atoms. The van der Waals surface area contributed by atoms with Gasteiger partial charge in [0.15, 0.2) is 0 Å². The summed E-state index contributed by atoms with van der Waals surface area (Å²) in [5.74, 6) is 0. The molecule has 0 spiro atoms. The van der Waals surface area contributed by atoms with E-state index in [4.69, 9.17) is 5.73 Å².